The summed E-state index contributed by atoms with van der Waals surface area (Å²) in [4.78, 5) is 20.3. The summed E-state index contributed by atoms with van der Waals surface area (Å²) in [6.07, 6.45) is 1.68. The van der Waals surface area contributed by atoms with Crippen molar-refractivity contribution in [3.63, 3.8) is 0 Å². The molecule has 0 saturated heterocycles. The van der Waals surface area contributed by atoms with E-state index in [0.29, 0.717) is 24.5 Å². The summed E-state index contributed by atoms with van der Waals surface area (Å²) in [5.74, 6) is 6.22. The second-order valence-electron chi connectivity index (χ2n) is 4.36. The molecule has 0 radical (unpaired) electrons. The van der Waals surface area contributed by atoms with E-state index in [9.17, 15) is 4.79 Å². The summed E-state index contributed by atoms with van der Waals surface area (Å²) in [6, 6.07) is 8.85. The van der Waals surface area contributed by atoms with E-state index in [1.165, 1.54) is 0 Å². The van der Waals surface area contributed by atoms with Crippen LogP contribution in [0, 0.1) is 18.8 Å². The average molecular weight is 280 g/mol. The van der Waals surface area contributed by atoms with Gasteiger partial charge in [-0.25, -0.2) is 9.97 Å². The predicted octanol–water partition coefficient (Wildman–Crippen LogP) is 1.03. The first-order chi connectivity index (χ1) is 10.2. The summed E-state index contributed by atoms with van der Waals surface area (Å²) in [6.45, 7) is 2.50. The van der Waals surface area contributed by atoms with E-state index in [1.807, 2.05) is 6.92 Å². The van der Waals surface area contributed by atoms with Crippen LogP contribution in [-0.4, -0.2) is 22.4 Å². The summed E-state index contributed by atoms with van der Waals surface area (Å²) in [7, 11) is 0. The Balaban J connectivity index is 1.97. The lowest BCUT2D eigenvalue weighted by Crippen LogP contribution is -2.23. The van der Waals surface area contributed by atoms with Crippen molar-refractivity contribution in [2.45, 2.75) is 13.5 Å². The zero-order valence-corrected chi connectivity index (χ0v) is 11.8. The lowest BCUT2D eigenvalue weighted by atomic mass is 10.1. The number of hydrogen-bond donors (Lipinski definition) is 2. The van der Waals surface area contributed by atoms with Crippen LogP contribution < -0.4 is 11.1 Å². The Morgan fingerprint density at radius 3 is 2.71 bits per heavy atom. The Kier molecular flexibility index (Phi) is 5.02. The van der Waals surface area contributed by atoms with Crippen molar-refractivity contribution in [1.29, 1.82) is 0 Å². The van der Waals surface area contributed by atoms with Gasteiger partial charge in [0.1, 0.15) is 5.82 Å². The molecule has 0 atom stereocenters. The summed E-state index contributed by atoms with van der Waals surface area (Å²) < 4.78 is 0. The first kappa shape index (κ1) is 14.7. The quantitative estimate of drug-likeness (QED) is 0.823. The van der Waals surface area contributed by atoms with Crippen LogP contribution in [0.1, 0.15) is 27.4 Å². The van der Waals surface area contributed by atoms with Crippen LogP contribution in [0.15, 0.2) is 36.5 Å². The molecule has 2 rings (SSSR count). The highest BCUT2D eigenvalue weighted by Crippen LogP contribution is 2.04. The molecule has 0 unspecified atom stereocenters. The molecule has 0 aliphatic heterocycles. The van der Waals surface area contributed by atoms with Gasteiger partial charge in [-0.2, -0.15) is 0 Å². The number of nitrogens with one attached hydrogen (secondary N) is 1. The smallest absolute Gasteiger partial charge is 0.251 e. The van der Waals surface area contributed by atoms with Crippen molar-refractivity contribution in [2.75, 3.05) is 6.54 Å². The Morgan fingerprint density at radius 2 is 2.05 bits per heavy atom. The molecule has 0 aliphatic carbocycles. The van der Waals surface area contributed by atoms with Crippen molar-refractivity contribution in [3.05, 3.63) is 59.2 Å². The van der Waals surface area contributed by atoms with Crippen LogP contribution in [-0.2, 0) is 6.54 Å². The molecule has 1 aromatic carbocycles. The van der Waals surface area contributed by atoms with Crippen molar-refractivity contribution in [2.24, 2.45) is 5.73 Å². The highest BCUT2D eigenvalue weighted by molar-refractivity contribution is 5.94. The number of rotatable bonds is 3. The Morgan fingerprint density at radius 1 is 1.29 bits per heavy atom. The molecule has 0 aliphatic rings. The Bertz CT molecular complexity index is 683. The normalized spacial score (nSPS) is 9.62. The lowest BCUT2D eigenvalue weighted by molar-refractivity contribution is 0.0950. The van der Waals surface area contributed by atoms with Crippen molar-refractivity contribution < 1.29 is 4.79 Å². The maximum Gasteiger partial charge on any atom is 0.251 e. The molecule has 1 heterocycles. The fraction of sp³-hybridized carbons (Fsp3) is 0.188. The van der Waals surface area contributed by atoms with Gasteiger partial charge in [-0.15, -0.1) is 0 Å². The van der Waals surface area contributed by atoms with Gasteiger partial charge >= 0.3 is 0 Å². The number of benzene rings is 1. The molecule has 5 nitrogen and oxygen atoms in total. The van der Waals surface area contributed by atoms with Gasteiger partial charge in [-0.05, 0) is 37.3 Å². The number of carbonyl (C=O) groups excluding carboxylic acids is 1. The van der Waals surface area contributed by atoms with E-state index < -0.39 is 0 Å². The largest absolute Gasteiger partial charge is 0.346 e. The van der Waals surface area contributed by atoms with E-state index in [2.05, 4.69) is 27.1 Å². The Hall–Kier alpha value is -2.71. The number of nitrogens with zero attached hydrogens (tertiary/aromatic N) is 2. The van der Waals surface area contributed by atoms with Gasteiger partial charge in [0, 0.05) is 17.3 Å². The maximum atomic E-state index is 12.0. The van der Waals surface area contributed by atoms with Gasteiger partial charge in [0.15, 0.2) is 0 Å². The third-order valence-corrected chi connectivity index (χ3v) is 2.75. The lowest BCUT2D eigenvalue weighted by Gasteiger charge is -2.05. The van der Waals surface area contributed by atoms with Gasteiger partial charge in [0.2, 0.25) is 0 Å². The van der Waals surface area contributed by atoms with E-state index in [0.717, 1.165) is 11.3 Å². The average Bonchev–Trinajstić information content (AvgIpc) is 2.51. The molecule has 5 heteroatoms. The van der Waals surface area contributed by atoms with E-state index in [4.69, 9.17) is 5.73 Å². The molecule has 0 saturated carbocycles. The number of aromatic nitrogens is 2. The summed E-state index contributed by atoms with van der Waals surface area (Å²) >= 11 is 0. The minimum Gasteiger partial charge on any atom is -0.346 e. The summed E-state index contributed by atoms with van der Waals surface area (Å²) in [5, 5.41) is 2.82. The molecule has 0 bridgehead atoms. The number of nitrogens with two attached hydrogens (primary N) is 1. The van der Waals surface area contributed by atoms with Gasteiger partial charge in [-0.1, -0.05) is 11.8 Å². The highest BCUT2D eigenvalue weighted by Gasteiger charge is 2.05. The number of amides is 1. The van der Waals surface area contributed by atoms with Crippen molar-refractivity contribution in [1.82, 2.24) is 15.3 Å². The number of carbonyl (C=O) groups is 1. The van der Waals surface area contributed by atoms with Crippen LogP contribution in [0.5, 0.6) is 0 Å². The van der Waals surface area contributed by atoms with Gasteiger partial charge in [0.25, 0.3) is 5.91 Å². The maximum absolute atomic E-state index is 12.0. The second-order valence-corrected chi connectivity index (χ2v) is 4.36. The molecule has 106 valence electrons. The van der Waals surface area contributed by atoms with Crippen molar-refractivity contribution in [3.8, 4) is 11.8 Å². The molecule has 1 aromatic heterocycles. The Labute approximate surface area is 123 Å². The van der Waals surface area contributed by atoms with Crippen molar-refractivity contribution >= 4 is 5.91 Å². The fourth-order valence-corrected chi connectivity index (χ4v) is 1.73. The SMILES string of the molecule is Cc1nccc(CNC(=O)c2ccc(C#CCN)cc2)n1. The number of aryl methyl sites for hydroxylation is 1. The first-order valence-corrected chi connectivity index (χ1v) is 6.55. The number of hydrogen-bond acceptors (Lipinski definition) is 4. The van der Waals surface area contributed by atoms with Gasteiger partial charge in [0.05, 0.1) is 18.8 Å². The third-order valence-electron chi connectivity index (χ3n) is 2.75. The van der Waals surface area contributed by atoms with Gasteiger partial charge in [-0.3, -0.25) is 4.79 Å². The molecule has 0 spiro atoms. The van der Waals surface area contributed by atoms with E-state index in [-0.39, 0.29) is 5.91 Å². The monoisotopic (exact) mass is 280 g/mol. The van der Waals surface area contributed by atoms with E-state index >= 15 is 0 Å². The predicted molar refractivity (Wildman–Crippen MR) is 80.3 cm³/mol. The molecular formula is C16H16N4O. The van der Waals surface area contributed by atoms with Crippen LogP contribution >= 0.6 is 0 Å². The second kappa shape index (κ2) is 7.17. The fourth-order valence-electron chi connectivity index (χ4n) is 1.73. The topological polar surface area (TPSA) is 80.9 Å². The van der Waals surface area contributed by atoms with Crippen LogP contribution in [0.25, 0.3) is 0 Å². The highest BCUT2D eigenvalue weighted by atomic mass is 16.1. The van der Waals surface area contributed by atoms with Crippen LogP contribution in [0.4, 0.5) is 0 Å². The standard InChI is InChI=1S/C16H16N4O/c1-12-18-10-8-15(20-12)11-19-16(21)14-6-4-13(5-7-14)3-2-9-17/h4-8,10H,9,11,17H2,1H3,(H,19,21). The first-order valence-electron chi connectivity index (χ1n) is 6.55. The zero-order chi connectivity index (χ0) is 15.1. The van der Waals surface area contributed by atoms with Crippen LogP contribution in [0.3, 0.4) is 0 Å². The molecule has 2 aromatic rings. The minimum absolute atomic E-state index is 0.149. The minimum atomic E-state index is -0.149. The molecule has 3 N–H and O–H groups in total. The molecular weight excluding hydrogens is 264 g/mol. The van der Waals surface area contributed by atoms with Gasteiger partial charge < -0.3 is 11.1 Å². The van der Waals surface area contributed by atoms with E-state index in [1.54, 1.807) is 36.5 Å². The molecule has 1 amide bonds. The molecule has 0 fully saturated rings. The van der Waals surface area contributed by atoms with Crippen LogP contribution in [0.2, 0.25) is 0 Å². The molecule has 21 heavy (non-hydrogen) atoms. The zero-order valence-electron chi connectivity index (χ0n) is 11.8. The summed E-state index contributed by atoms with van der Waals surface area (Å²) in [5.41, 5.74) is 7.51. The third kappa shape index (κ3) is 4.41.